The summed E-state index contributed by atoms with van der Waals surface area (Å²) in [4.78, 5) is 14.4. The quantitative estimate of drug-likeness (QED) is 0.468. The summed E-state index contributed by atoms with van der Waals surface area (Å²) in [5.74, 6) is 0.00533. The maximum atomic E-state index is 12.0. The smallest absolute Gasteiger partial charge is 0.277 e. The molecule has 0 spiro atoms. The molecule has 0 radical (unpaired) electrons. The predicted octanol–water partition coefficient (Wildman–Crippen LogP) is 5.54. The topological polar surface area (TPSA) is 53.9 Å². The summed E-state index contributed by atoms with van der Waals surface area (Å²) in [6.07, 6.45) is 3.90. The Labute approximate surface area is 187 Å². The summed E-state index contributed by atoms with van der Waals surface area (Å²) in [5, 5.41) is 4.89. The molecule has 0 fully saturated rings. The number of likely N-dealkylation sites (N-methyl/N-ethyl adjacent to an activating group) is 1. The predicted molar refractivity (Wildman–Crippen MR) is 125 cm³/mol. The monoisotopic (exact) mass is 445 g/mol. The third-order valence-corrected chi connectivity index (χ3v) is 5.50. The molecule has 30 heavy (non-hydrogen) atoms. The van der Waals surface area contributed by atoms with E-state index in [0.717, 1.165) is 12.1 Å². The second-order valence-corrected chi connectivity index (χ2v) is 8.50. The van der Waals surface area contributed by atoms with Crippen molar-refractivity contribution in [2.75, 3.05) is 18.1 Å². The standard InChI is InChI=1S/C23H25Cl2N3O2/c1-5-28-20-8-6-16(10-18(20)15(2)12-23(28,3)4)13-26-27-22(29)14-30-21-9-7-17(24)11-19(21)25/h6-13H,5,14H2,1-4H3,(H,27,29)/b26-13+. The van der Waals surface area contributed by atoms with Gasteiger partial charge < -0.3 is 9.64 Å². The number of fused-ring (bicyclic) bond motifs is 1. The molecule has 0 saturated heterocycles. The van der Waals surface area contributed by atoms with Gasteiger partial charge in [0.05, 0.1) is 16.8 Å². The van der Waals surface area contributed by atoms with Gasteiger partial charge >= 0.3 is 0 Å². The first-order chi connectivity index (χ1) is 14.2. The minimum absolute atomic E-state index is 0.0254. The minimum Gasteiger partial charge on any atom is -0.482 e. The summed E-state index contributed by atoms with van der Waals surface area (Å²) >= 11 is 11.9. The first kappa shape index (κ1) is 22.2. The van der Waals surface area contributed by atoms with Crippen molar-refractivity contribution in [3.63, 3.8) is 0 Å². The minimum atomic E-state index is -0.384. The molecule has 1 heterocycles. The van der Waals surface area contributed by atoms with E-state index in [9.17, 15) is 4.79 Å². The fourth-order valence-corrected chi connectivity index (χ4v) is 4.17. The van der Waals surface area contributed by atoms with Crippen LogP contribution in [0, 0.1) is 0 Å². The number of carbonyl (C=O) groups is 1. The molecule has 5 nitrogen and oxygen atoms in total. The maximum Gasteiger partial charge on any atom is 0.277 e. The van der Waals surface area contributed by atoms with E-state index in [0.29, 0.717) is 15.8 Å². The first-order valence-corrected chi connectivity index (χ1v) is 10.5. The molecule has 1 aliphatic rings. The SMILES string of the molecule is CCN1c2ccc(/C=N/NC(=O)COc3ccc(Cl)cc3Cl)cc2C(C)=CC1(C)C. The number of anilines is 1. The number of carbonyl (C=O) groups excluding carboxylic acids is 1. The number of amides is 1. The second kappa shape index (κ2) is 9.11. The number of halogens is 2. The van der Waals surface area contributed by atoms with Gasteiger partial charge in [-0.2, -0.15) is 5.10 Å². The average Bonchev–Trinajstić information content (AvgIpc) is 2.67. The number of ether oxygens (including phenoxy) is 1. The third-order valence-electron chi connectivity index (χ3n) is 4.97. The molecule has 1 amide bonds. The highest BCUT2D eigenvalue weighted by atomic mass is 35.5. The van der Waals surface area contributed by atoms with E-state index in [-0.39, 0.29) is 18.1 Å². The molecule has 0 bridgehead atoms. The van der Waals surface area contributed by atoms with Gasteiger partial charge in [0.2, 0.25) is 0 Å². The third kappa shape index (κ3) is 4.97. The van der Waals surface area contributed by atoms with E-state index in [2.05, 4.69) is 61.3 Å². The van der Waals surface area contributed by atoms with Crippen LogP contribution < -0.4 is 15.1 Å². The number of rotatable bonds is 6. The molecule has 0 saturated carbocycles. The first-order valence-electron chi connectivity index (χ1n) is 9.72. The van der Waals surface area contributed by atoms with Crippen LogP contribution in [0.25, 0.3) is 5.57 Å². The van der Waals surface area contributed by atoms with Crippen LogP contribution in [-0.4, -0.2) is 30.8 Å². The zero-order valence-corrected chi connectivity index (χ0v) is 19.0. The van der Waals surface area contributed by atoms with Gasteiger partial charge in [-0.05, 0) is 69.2 Å². The molecule has 2 aromatic carbocycles. The van der Waals surface area contributed by atoms with Crippen molar-refractivity contribution in [3.05, 3.63) is 63.6 Å². The van der Waals surface area contributed by atoms with E-state index in [1.807, 2.05) is 6.07 Å². The number of hydrazone groups is 1. The lowest BCUT2D eigenvalue weighted by Crippen LogP contribution is -2.44. The number of hydrogen-bond acceptors (Lipinski definition) is 4. The molecule has 7 heteroatoms. The number of hydrogen-bond donors (Lipinski definition) is 1. The lowest BCUT2D eigenvalue weighted by Gasteiger charge is -2.42. The van der Waals surface area contributed by atoms with Crippen LogP contribution in [-0.2, 0) is 4.79 Å². The number of benzene rings is 2. The average molecular weight is 446 g/mol. The highest BCUT2D eigenvalue weighted by Crippen LogP contribution is 2.38. The molecule has 0 aromatic heterocycles. The fraction of sp³-hybridized carbons (Fsp3) is 0.304. The van der Waals surface area contributed by atoms with Crippen molar-refractivity contribution in [3.8, 4) is 5.75 Å². The Hall–Kier alpha value is -2.50. The van der Waals surface area contributed by atoms with Gasteiger partial charge in [-0.25, -0.2) is 5.43 Å². The largest absolute Gasteiger partial charge is 0.482 e. The van der Waals surface area contributed by atoms with Crippen LogP contribution in [0.3, 0.4) is 0 Å². The van der Waals surface area contributed by atoms with Gasteiger partial charge in [-0.1, -0.05) is 35.3 Å². The van der Waals surface area contributed by atoms with Crippen molar-refractivity contribution < 1.29 is 9.53 Å². The lowest BCUT2D eigenvalue weighted by molar-refractivity contribution is -0.123. The van der Waals surface area contributed by atoms with Crippen LogP contribution in [0.4, 0.5) is 5.69 Å². The summed E-state index contributed by atoms with van der Waals surface area (Å²) in [7, 11) is 0. The number of nitrogens with zero attached hydrogens (tertiary/aromatic N) is 2. The van der Waals surface area contributed by atoms with E-state index < -0.39 is 0 Å². The molecule has 1 aliphatic heterocycles. The van der Waals surface area contributed by atoms with Crippen LogP contribution in [0.2, 0.25) is 10.0 Å². The molecular weight excluding hydrogens is 421 g/mol. The van der Waals surface area contributed by atoms with Crippen molar-refractivity contribution in [1.29, 1.82) is 0 Å². The Bertz CT molecular complexity index is 1020. The molecule has 158 valence electrons. The highest BCUT2D eigenvalue weighted by Gasteiger charge is 2.29. The summed E-state index contributed by atoms with van der Waals surface area (Å²) in [5.41, 5.74) is 6.95. The molecule has 0 aliphatic carbocycles. The normalized spacial score (nSPS) is 15.0. The van der Waals surface area contributed by atoms with Gasteiger partial charge in [0.1, 0.15) is 5.75 Å². The van der Waals surface area contributed by atoms with Crippen molar-refractivity contribution in [1.82, 2.24) is 5.43 Å². The zero-order valence-electron chi connectivity index (χ0n) is 17.5. The van der Waals surface area contributed by atoms with E-state index in [1.54, 1.807) is 24.4 Å². The molecular formula is C23H25Cl2N3O2. The Morgan fingerprint density at radius 3 is 2.70 bits per heavy atom. The lowest BCUT2D eigenvalue weighted by atomic mass is 9.88. The van der Waals surface area contributed by atoms with Crippen LogP contribution >= 0.6 is 23.2 Å². The summed E-state index contributed by atoms with van der Waals surface area (Å²) in [6.45, 7) is 9.43. The van der Waals surface area contributed by atoms with Gasteiger partial charge in [-0.3, -0.25) is 4.79 Å². The van der Waals surface area contributed by atoms with Gasteiger partial charge in [0.15, 0.2) is 6.61 Å². The molecule has 1 N–H and O–H groups in total. The van der Waals surface area contributed by atoms with Crippen molar-refractivity contribution in [2.24, 2.45) is 5.10 Å². The highest BCUT2D eigenvalue weighted by molar-refractivity contribution is 6.35. The van der Waals surface area contributed by atoms with Gasteiger partial charge in [0.25, 0.3) is 5.91 Å². The van der Waals surface area contributed by atoms with Crippen molar-refractivity contribution in [2.45, 2.75) is 33.2 Å². The Balaban J connectivity index is 1.63. The van der Waals surface area contributed by atoms with Crippen LogP contribution in [0.1, 0.15) is 38.8 Å². The molecule has 3 rings (SSSR count). The maximum absolute atomic E-state index is 12.0. The van der Waals surface area contributed by atoms with Crippen LogP contribution in [0.15, 0.2) is 47.6 Å². The van der Waals surface area contributed by atoms with Gasteiger partial charge in [-0.15, -0.1) is 0 Å². The van der Waals surface area contributed by atoms with E-state index >= 15 is 0 Å². The zero-order chi connectivity index (χ0) is 21.9. The number of nitrogens with one attached hydrogen (secondary N) is 1. The van der Waals surface area contributed by atoms with E-state index in [1.165, 1.54) is 16.8 Å². The van der Waals surface area contributed by atoms with Crippen molar-refractivity contribution >= 4 is 46.6 Å². The molecule has 0 unspecified atom stereocenters. The molecule has 0 atom stereocenters. The Kier molecular flexibility index (Phi) is 6.74. The summed E-state index contributed by atoms with van der Waals surface area (Å²) in [6, 6.07) is 11.0. The summed E-state index contributed by atoms with van der Waals surface area (Å²) < 4.78 is 5.40. The Morgan fingerprint density at radius 2 is 2.00 bits per heavy atom. The fourth-order valence-electron chi connectivity index (χ4n) is 3.71. The Morgan fingerprint density at radius 1 is 1.23 bits per heavy atom. The second-order valence-electron chi connectivity index (χ2n) is 7.66. The number of allylic oxidation sites excluding steroid dienone is 1. The van der Waals surface area contributed by atoms with Crippen LogP contribution in [0.5, 0.6) is 5.75 Å². The van der Waals surface area contributed by atoms with Gasteiger partial charge in [0, 0.05) is 22.8 Å². The molecule has 2 aromatic rings. The van der Waals surface area contributed by atoms with E-state index in [4.69, 9.17) is 27.9 Å².